The summed E-state index contributed by atoms with van der Waals surface area (Å²) in [5.41, 5.74) is -0.345. The number of rotatable bonds is 1. The second-order valence-corrected chi connectivity index (χ2v) is 5.04. The Bertz CT molecular complexity index is 470. The number of carbonyl (C=O) groups excluding carboxylic acids is 1. The number of alkyl halides is 3. The molecule has 0 unspecified atom stereocenters. The van der Waals surface area contributed by atoms with Crippen LogP contribution in [0.3, 0.4) is 0 Å². The largest absolute Gasteiger partial charge is 0.416 e. The SMILES string of the molecule is C[C@H]1CCCCN1C(=O)Nc1ccc(C(F)(F)F)cc1. The number of benzene rings is 1. The van der Waals surface area contributed by atoms with Crippen LogP contribution < -0.4 is 5.32 Å². The smallest absolute Gasteiger partial charge is 0.322 e. The monoisotopic (exact) mass is 286 g/mol. The molecule has 1 aliphatic heterocycles. The highest BCUT2D eigenvalue weighted by Crippen LogP contribution is 2.30. The molecule has 0 aromatic heterocycles. The van der Waals surface area contributed by atoms with E-state index >= 15 is 0 Å². The lowest BCUT2D eigenvalue weighted by molar-refractivity contribution is -0.137. The fourth-order valence-electron chi connectivity index (χ4n) is 2.34. The maximum Gasteiger partial charge on any atom is 0.416 e. The molecule has 1 saturated heterocycles. The van der Waals surface area contributed by atoms with E-state index in [-0.39, 0.29) is 12.1 Å². The summed E-state index contributed by atoms with van der Waals surface area (Å²) in [5, 5.41) is 2.64. The summed E-state index contributed by atoms with van der Waals surface area (Å²) in [4.78, 5) is 13.8. The minimum Gasteiger partial charge on any atom is -0.322 e. The average molecular weight is 286 g/mol. The van der Waals surface area contributed by atoms with Crippen LogP contribution in [-0.4, -0.2) is 23.5 Å². The highest BCUT2D eigenvalue weighted by Gasteiger charge is 2.30. The van der Waals surface area contributed by atoms with Gasteiger partial charge >= 0.3 is 12.2 Å². The first-order valence-electron chi connectivity index (χ1n) is 6.63. The molecule has 1 fully saturated rings. The zero-order valence-electron chi connectivity index (χ0n) is 11.2. The Morgan fingerprint density at radius 2 is 1.90 bits per heavy atom. The molecule has 110 valence electrons. The molecule has 1 heterocycles. The van der Waals surface area contributed by atoms with Crippen molar-refractivity contribution < 1.29 is 18.0 Å². The van der Waals surface area contributed by atoms with Crippen LogP contribution in [-0.2, 0) is 6.18 Å². The van der Waals surface area contributed by atoms with Gasteiger partial charge in [-0.2, -0.15) is 13.2 Å². The van der Waals surface area contributed by atoms with Crippen LogP contribution in [0.1, 0.15) is 31.7 Å². The number of hydrogen-bond acceptors (Lipinski definition) is 1. The lowest BCUT2D eigenvalue weighted by atomic mass is 10.0. The van der Waals surface area contributed by atoms with Crippen LogP contribution in [0, 0.1) is 0 Å². The molecule has 0 bridgehead atoms. The van der Waals surface area contributed by atoms with E-state index in [0.29, 0.717) is 12.2 Å². The van der Waals surface area contributed by atoms with Gasteiger partial charge in [-0.3, -0.25) is 0 Å². The van der Waals surface area contributed by atoms with Gasteiger partial charge < -0.3 is 10.2 Å². The van der Waals surface area contributed by atoms with Gasteiger partial charge in [-0.1, -0.05) is 0 Å². The number of urea groups is 1. The van der Waals surface area contributed by atoms with Crippen molar-refractivity contribution in [2.24, 2.45) is 0 Å². The summed E-state index contributed by atoms with van der Waals surface area (Å²) in [6.45, 7) is 2.67. The molecule has 6 heteroatoms. The molecule has 1 N–H and O–H groups in total. The Kier molecular flexibility index (Phi) is 4.20. The number of amides is 2. The molecule has 2 amide bonds. The first-order valence-corrected chi connectivity index (χ1v) is 6.63. The van der Waals surface area contributed by atoms with Crippen molar-refractivity contribution in [1.29, 1.82) is 0 Å². The molecular weight excluding hydrogens is 269 g/mol. The summed E-state index contributed by atoms with van der Waals surface area (Å²) in [7, 11) is 0. The van der Waals surface area contributed by atoms with Crippen molar-refractivity contribution in [3.63, 3.8) is 0 Å². The number of anilines is 1. The summed E-state index contributed by atoms with van der Waals surface area (Å²) < 4.78 is 37.3. The van der Waals surface area contributed by atoms with Crippen molar-refractivity contribution in [3.8, 4) is 0 Å². The molecule has 1 atom stereocenters. The van der Waals surface area contributed by atoms with E-state index in [4.69, 9.17) is 0 Å². The third-order valence-electron chi connectivity index (χ3n) is 3.53. The second-order valence-electron chi connectivity index (χ2n) is 5.04. The van der Waals surface area contributed by atoms with Crippen LogP contribution in [0.2, 0.25) is 0 Å². The Balaban J connectivity index is 2.01. The number of likely N-dealkylation sites (tertiary alicyclic amines) is 1. The van der Waals surface area contributed by atoms with Gasteiger partial charge in [-0.25, -0.2) is 4.79 Å². The van der Waals surface area contributed by atoms with Crippen LogP contribution >= 0.6 is 0 Å². The summed E-state index contributed by atoms with van der Waals surface area (Å²) in [6, 6.07) is 4.39. The van der Waals surface area contributed by atoms with Crippen molar-refractivity contribution in [2.45, 2.75) is 38.4 Å². The van der Waals surface area contributed by atoms with E-state index in [0.717, 1.165) is 31.4 Å². The Morgan fingerprint density at radius 1 is 1.25 bits per heavy atom. The van der Waals surface area contributed by atoms with Gasteiger partial charge in [-0.15, -0.1) is 0 Å². The predicted octanol–water partition coefficient (Wildman–Crippen LogP) is 4.11. The molecule has 0 saturated carbocycles. The van der Waals surface area contributed by atoms with Gasteiger partial charge in [0.1, 0.15) is 0 Å². The summed E-state index contributed by atoms with van der Waals surface area (Å²) in [5.74, 6) is 0. The summed E-state index contributed by atoms with van der Waals surface area (Å²) >= 11 is 0. The Morgan fingerprint density at radius 3 is 2.45 bits per heavy atom. The zero-order chi connectivity index (χ0) is 14.8. The number of nitrogens with zero attached hydrogens (tertiary/aromatic N) is 1. The van der Waals surface area contributed by atoms with Gasteiger partial charge in [0.2, 0.25) is 0 Å². The van der Waals surface area contributed by atoms with E-state index in [1.54, 1.807) is 4.90 Å². The van der Waals surface area contributed by atoms with Crippen molar-refractivity contribution in [2.75, 3.05) is 11.9 Å². The van der Waals surface area contributed by atoms with E-state index in [9.17, 15) is 18.0 Å². The molecule has 1 aromatic rings. The molecular formula is C14H17F3N2O. The van der Waals surface area contributed by atoms with Gasteiger partial charge in [-0.05, 0) is 50.5 Å². The molecule has 0 spiro atoms. The van der Waals surface area contributed by atoms with E-state index < -0.39 is 11.7 Å². The Labute approximate surface area is 115 Å². The van der Waals surface area contributed by atoms with Gasteiger partial charge in [0.15, 0.2) is 0 Å². The number of hydrogen-bond donors (Lipinski definition) is 1. The first kappa shape index (κ1) is 14.7. The van der Waals surface area contributed by atoms with Crippen LogP contribution in [0.5, 0.6) is 0 Å². The van der Waals surface area contributed by atoms with Crippen LogP contribution in [0.15, 0.2) is 24.3 Å². The number of piperidine rings is 1. The van der Waals surface area contributed by atoms with Gasteiger partial charge in [0.05, 0.1) is 5.56 Å². The fraction of sp³-hybridized carbons (Fsp3) is 0.500. The Hall–Kier alpha value is -1.72. The minimum absolute atomic E-state index is 0.165. The quantitative estimate of drug-likeness (QED) is 0.827. The van der Waals surface area contributed by atoms with E-state index in [1.807, 2.05) is 6.92 Å². The maximum absolute atomic E-state index is 12.4. The van der Waals surface area contributed by atoms with Crippen LogP contribution in [0.25, 0.3) is 0 Å². The molecule has 1 aliphatic rings. The van der Waals surface area contributed by atoms with Crippen molar-refractivity contribution >= 4 is 11.7 Å². The highest BCUT2D eigenvalue weighted by atomic mass is 19.4. The molecule has 20 heavy (non-hydrogen) atoms. The van der Waals surface area contributed by atoms with Gasteiger partial charge in [0.25, 0.3) is 0 Å². The molecule has 0 aliphatic carbocycles. The molecule has 2 rings (SSSR count). The van der Waals surface area contributed by atoms with E-state index in [1.165, 1.54) is 12.1 Å². The summed E-state index contributed by atoms with van der Waals surface area (Å²) in [6.07, 6.45) is -1.33. The third kappa shape index (κ3) is 3.43. The molecule has 1 aromatic carbocycles. The maximum atomic E-state index is 12.4. The van der Waals surface area contributed by atoms with Crippen molar-refractivity contribution in [3.05, 3.63) is 29.8 Å². The zero-order valence-corrected chi connectivity index (χ0v) is 11.2. The van der Waals surface area contributed by atoms with Crippen molar-refractivity contribution in [1.82, 2.24) is 4.90 Å². The fourth-order valence-corrected chi connectivity index (χ4v) is 2.34. The molecule has 0 radical (unpaired) electrons. The number of nitrogens with one attached hydrogen (secondary N) is 1. The normalized spacial score (nSPS) is 19.8. The third-order valence-corrected chi connectivity index (χ3v) is 3.53. The number of carbonyl (C=O) groups is 1. The lowest BCUT2D eigenvalue weighted by Gasteiger charge is -2.33. The number of halogens is 3. The minimum atomic E-state index is -4.36. The van der Waals surface area contributed by atoms with E-state index in [2.05, 4.69) is 5.32 Å². The van der Waals surface area contributed by atoms with Crippen LogP contribution in [0.4, 0.5) is 23.7 Å². The predicted molar refractivity (Wildman–Crippen MR) is 70.5 cm³/mol. The average Bonchev–Trinajstić information content (AvgIpc) is 2.38. The topological polar surface area (TPSA) is 32.3 Å². The van der Waals surface area contributed by atoms with Gasteiger partial charge in [0, 0.05) is 18.3 Å². The molecule has 3 nitrogen and oxygen atoms in total. The lowest BCUT2D eigenvalue weighted by Crippen LogP contribution is -2.44. The first-order chi connectivity index (χ1) is 9.38. The second kappa shape index (κ2) is 5.73. The highest BCUT2D eigenvalue weighted by molar-refractivity contribution is 5.89. The standard InChI is InChI=1S/C14H17F3N2O/c1-10-4-2-3-9-19(10)13(20)18-12-7-5-11(6-8-12)14(15,16)17/h5-8,10H,2-4,9H2,1H3,(H,18,20)/t10-/m0/s1.